The van der Waals surface area contributed by atoms with E-state index in [1.54, 1.807) is 0 Å². The number of rotatable bonds is 5. The average Bonchev–Trinajstić information content (AvgIpc) is 2.95. The molecular weight excluding hydrogens is 254 g/mol. The van der Waals surface area contributed by atoms with Gasteiger partial charge in [0, 0.05) is 19.0 Å². The van der Waals surface area contributed by atoms with Crippen LogP contribution in [0.5, 0.6) is 0 Å². The Balaban J connectivity index is 2.01. The van der Waals surface area contributed by atoms with Gasteiger partial charge in [0.15, 0.2) is 0 Å². The largest absolute Gasteiger partial charge is 0.345 e. The average molecular weight is 273 g/mol. The summed E-state index contributed by atoms with van der Waals surface area (Å²) in [4.78, 5) is 16.1. The number of aromatic nitrogens is 3. The first-order valence-corrected chi connectivity index (χ1v) is 6.59. The van der Waals surface area contributed by atoms with Crippen molar-refractivity contribution in [3.8, 4) is 0 Å². The van der Waals surface area contributed by atoms with Crippen LogP contribution in [0.2, 0.25) is 0 Å². The van der Waals surface area contributed by atoms with Crippen LogP contribution in [0.15, 0.2) is 24.3 Å². The van der Waals surface area contributed by atoms with Gasteiger partial charge in [-0.25, -0.2) is 4.98 Å². The van der Waals surface area contributed by atoms with Gasteiger partial charge < -0.3 is 11.1 Å². The van der Waals surface area contributed by atoms with Gasteiger partial charge in [0.05, 0.1) is 0 Å². The number of nitrogens with two attached hydrogens (primary N) is 1. The first kappa shape index (κ1) is 14.2. The number of nitrogens with zero attached hydrogens (tertiary/aromatic N) is 2. The van der Waals surface area contributed by atoms with Crippen molar-refractivity contribution >= 4 is 5.91 Å². The van der Waals surface area contributed by atoms with Crippen LogP contribution >= 0.6 is 0 Å². The van der Waals surface area contributed by atoms with Crippen molar-refractivity contribution in [2.45, 2.75) is 32.9 Å². The Morgan fingerprint density at radius 3 is 2.65 bits per heavy atom. The Morgan fingerprint density at radius 2 is 2.05 bits per heavy atom. The Morgan fingerprint density at radius 1 is 1.35 bits per heavy atom. The molecule has 106 valence electrons. The monoisotopic (exact) mass is 273 g/mol. The Bertz CT molecular complexity index is 591. The molecule has 0 unspecified atom stereocenters. The minimum atomic E-state index is -0.292. The number of hydrogen-bond donors (Lipinski definition) is 3. The molecule has 0 bridgehead atoms. The van der Waals surface area contributed by atoms with E-state index < -0.39 is 0 Å². The van der Waals surface area contributed by atoms with Gasteiger partial charge in [0.25, 0.3) is 5.91 Å². The zero-order valence-corrected chi connectivity index (χ0v) is 11.7. The molecule has 6 nitrogen and oxygen atoms in total. The molecule has 2 rings (SSSR count). The third-order valence-electron chi connectivity index (χ3n) is 3.03. The van der Waals surface area contributed by atoms with Crippen molar-refractivity contribution < 1.29 is 4.79 Å². The maximum absolute atomic E-state index is 12.0. The molecule has 2 aromatic rings. The maximum atomic E-state index is 12.0. The van der Waals surface area contributed by atoms with Crippen LogP contribution in [0.4, 0.5) is 0 Å². The summed E-state index contributed by atoms with van der Waals surface area (Å²) in [5, 5.41) is 9.49. The second-order valence-corrected chi connectivity index (χ2v) is 4.85. The van der Waals surface area contributed by atoms with E-state index in [2.05, 4.69) is 20.5 Å². The van der Waals surface area contributed by atoms with Crippen LogP contribution < -0.4 is 11.1 Å². The fourth-order valence-corrected chi connectivity index (χ4v) is 1.82. The molecule has 0 aliphatic rings. The standard InChI is InChI=1S/C14H19N5O/c1-9(2)12-17-13(19-18-12)14(20)16-8-11-6-4-3-5-10(11)7-15/h3-6,9H,7-8,15H2,1-2H3,(H,16,20)(H,17,18,19). The molecule has 0 saturated heterocycles. The summed E-state index contributed by atoms with van der Waals surface area (Å²) in [6.45, 7) is 4.83. The minimum absolute atomic E-state index is 0.166. The van der Waals surface area contributed by atoms with Gasteiger partial charge in [-0.3, -0.25) is 9.89 Å². The van der Waals surface area contributed by atoms with E-state index in [0.717, 1.165) is 11.1 Å². The number of carbonyl (C=O) groups is 1. The topological polar surface area (TPSA) is 96.7 Å². The summed E-state index contributed by atoms with van der Waals surface area (Å²) >= 11 is 0. The van der Waals surface area contributed by atoms with Crippen LogP contribution in [-0.4, -0.2) is 21.1 Å². The van der Waals surface area contributed by atoms with E-state index >= 15 is 0 Å². The molecule has 0 aliphatic heterocycles. The second-order valence-electron chi connectivity index (χ2n) is 4.85. The van der Waals surface area contributed by atoms with E-state index in [1.807, 2.05) is 38.1 Å². The molecule has 0 fully saturated rings. The molecule has 1 heterocycles. The molecule has 0 spiro atoms. The number of aromatic amines is 1. The highest BCUT2D eigenvalue weighted by Gasteiger charge is 2.14. The number of H-pyrrole nitrogens is 1. The van der Waals surface area contributed by atoms with Crippen molar-refractivity contribution in [1.29, 1.82) is 0 Å². The van der Waals surface area contributed by atoms with Crippen molar-refractivity contribution in [3.05, 3.63) is 47.0 Å². The van der Waals surface area contributed by atoms with Crippen LogP contribution in [0.3, 0.4) is 0 Å². The Labute approximate surface area is 117 Å². The lowest BCUT2D eigenvalue weighted by Crippen LogP contribution is -2.24. The second kappa shape index (κ2) is 6.29. The lowest BCUT2D eigenvalue weighted by atomic mass is 10.1. The Kier molecular flexibility index (Phi) is 4.47. The van der Waals surface area contributed by atoms with Crippen LogP contribution in [0.25, 0.3) is 0 Å². The highest BCUT2D eigenvalue weighted by molar-refractivity contribution is 5.90. The quantitative estimate of drug-likeness (QED) is 0.765. The van der Waals surface area contributed by atoms with Gasteiger partial charge >= 0.3 is 0 Å². The van der Waals surface area contributed by atoms with Crippen molar-refractivity contribution in [2.75, 3.05) is 0 Å². The third kappa shape index (κ3) is 3.21. The van der Waals surface area contributed by atoms with Crippen molar-refractivity contribution in [2.24, 2.45) is 5.73 Å². The third-order valence-corrected chi connectivity index (χ3v) is 3.03. The fourth-order valence-electron chi connectivity index (χ4n) is 1.82. The molecule has 0 radical (unpaired) electrons. The SMILES string of the molecule is CC(C)c1nc(C(=O)NCc2ccccc2CN)n[nH]1. The molecule has 1 aromatic carbocycles. The van der Waals surface area contributed by atoms with Gasteiger partial charge in [0.1, 0.15) is 5.82 Å². The molecule has 4 N–H and O–H groups in total. The predicted molar refractivity (Wildman–Crippen MR) is 76.0 cm³/mol. The number of amides is 1. The van der Waals surface area contributed by atoms with Gasteiger partial charge in [-0.1, -0.05) is 38.1 Å². The number of carbonyl (C=O) groups excluding carboxylic acids is 1. The van der Waals surface area contributed by atoms with Gasteiger partial charge in [-0.2, -0.15) is 0 Å². The molecule has 1 aromatic heterocycles. The highest BCUT2D eigenvalue weighted by atomic mass is 16.2. The Hall–Kier alpha value is -2.21. The van der Waals surface area contributed by atoms with E-state index in [4.69, 9.17) is 5.73 Å². The molecule has 6 heteroatoms. The van der Waals surface area contributed by atoms with Crippen LogP contribution in [0, 0.1) is 0 Å². The molecule has 1 amide bonds. The molecule has 0 saturated carbocycles. The van der Waals surface area contributed by atoms with E-state index in [1.165, 1.54) is 0 Å². The first-order valence-electron chi connectivity index (χ1n) is 6.59. The fraction of sp³-hybridized carbons (Fsp3) is 0.357. The van der Waals surface area contributed by atoms with Crippen molar-refractivity contribution in [1.82, 2.24) is 20.5 Å². The number of benzene rings is 1. The zero-order valence-electron chi connectivity index (χ0n) is 11.7. The summed E-state index contributed by atoms with van der Waals surface area (Å²) in [6.07, 6.45) is 0. The number of hydrogen-bond acceptors (Lipinski definition) is 4. The molecule has 0 aliphatic carbocycles. The number of nitrogens with one attached hydrogen (secondary N) is 2. The lowest BCUT2D eigenvalue weighted by molar-refractivity contribution is 0.0941. The first-order chi connectivity index (χ1) is 9.61. The van der Waals surface area contributed by atoms with Crippen LogP contribution in [0.1, 0.15) is 47.3 Å². The lowest BCUT2D eigenvalue weighted by Gasteiger charge is -2.07. The smallest absolute Gasteiger partial charge is 0.291 e. The molecule has 20 heavy (non-hydrogen) atoms. The van der Waals surface area contributed by atoms with Crippen molar-refractivity contribution in [3.63, 3.8) is 0 Å². The maximum Gasteiger partial charge on any atom is 0.291 e. The summed E-state index contributed by atoms with van der Waals surface area (Å²) in [5.74, 6) is 0.790. The van der Waals surface area contributed by atoms with Gasteiger partial charge in [0.2, 0.25) is 5.82 Å². The zero-order chi connectivity index (χ0) is 14.5. The van der Waals surface area contributed by atoms with Gasteiger partial charge in [-0.15, -0.1) is 5.10 Å². The van der Waals surface area contributed by atoms with Crippen LogP contribution in [-0.2, 0) is 13.1 Å². The predicted octanol–water partition coefficient (Wildman–Crippen LogP) is 1.32. The highest BCUT2D eigenvalue weighted by Crippen LogP contribution is 2.09. The summed E-state index contributed by atoms with van der Waals surface area (Å²) in [5.41, 5.74) is 7.68. The van der Waals surface area contributed by atoms with E-state index in [0.29, 0.717) is 18.9 Å². The summed E-state index contributed by atoms with van der Waals surface area (Å²) in [7, 11) is 0. The van der Waals surface area contributed by atoms with E-state index in [9.17, 15) is 4.79 Å². The molecule has 0 atom stereocenters. The summed E-state index contributed by atoms with van der Waals surface area (Å²) in [6, 6.07) is 7.74. The normalized spacial score (nSPS) is 10.8. The molecular formula is C14H19N5O. The van der Waals surface area contributed by atoms with E-state index in [-0.39, 0.29) is 17.6 Å². The minimum Gasteiger partial charge on any atom is -0.345 e. The van der Waals surface area contributed by atoms with Gasteiger partial charge in [-0.05, 0) is 11.1 Å². The summed E-state index contributed by atoms with van der Waals surface area (Å²) < 4.78 is 0.